The molecule has 4 heteroatoms. The maximum atomic E-state index is 12.6. The number of hydrogen-bond donors (Lipinski definition) is 0. The fraction of sp³-hybridized carbons (Fsp3) is 0.500. The van der Waals surface area contributed by atoms with Gasteiger partial charge < -0.3 is 0 Å². The molecule has 2 rings (SSSR count). The molecule has 0 spiro atoms. The van der Waals surface area contributed by atoms with E-state index in [1.807, 2.05) is 6.07 Å². The maximum absolute atomic E-state index is 12.6. The molecule has 0 aromatic heterocycles. The quantitative estimate of drug-likeness (QED) is 0.824. The predicted octanol–water partition coefficient (Wildman–Crippen LogP) is 2.85. The number of aryl methyl sites for hydroxylation is 1. The summed E-state index contributed by atoms with van der Waals surface area (Å²) in [5.74, 6) is -0.358. The summed E-state index contributed by atoms with van der Waals surface area (Å²) in [6.45, 7) is 1.80. The number of nitrogens with zero attached hydrogens (tertiary/aromatic N) is 1. The first kappa shape index (κ1) is 13.1. The van der Waals surface area contributed by atoms with E-state index in [0.717, 1.165) is 18.4 Å². The monoisotopic (exact) mass is 263 g/mol. The molecule has 0 radical (unpaired) electrons. The molecule has 18 heavy (non-hydrogen) atoms. The second-order valence-corrected chi connectivity index (χ2v) is 7.00. The van der Waals surface area contributed by atoms with Crippen molar-refractivity contribution >= 4 is 9.84 Å². The summed E-state index contributed by atoms with van der Waals surface area (Å²) in [5.41, 5.74) is 0.764. The molecule has 0 N–H and O–H groups in total. The summed E-state index contributed by atoms with van der Waals surface area (Å²) in [4.78, 5) is 0.386. The third kappa shape index (κ3) is 2.28. The lowest BCUT2D eigenvalue weighted by Gasteiger charge is -2.27. The van der Waals surface area contributed by atoms with Gasteiger partial charge in [0.1, 0.15) is 0 Å². The van der Waals surface area contributed by atoms with E-state index in [0.29, 0.717) is 17.7 Å². The van der Waals surface area contributed by atoms with Crippen LogP contribution in [0.3, 0.4) is 0 Å². The lowest BCUT2D eigenvalue weighted by atomic mass is 9.90. The zero-order chi connectivity index (χ0) is 13.2. The van der Waals surface area contributed by atoms with E-state index >= 15 is 0 Å². The Morgan fingerprint density at radius 3 is 2.56 bits per heavy atom. The number of hydrogen-bond acceptors (Lipinski definition) is 3. The third-order valence-electron chi connectivity index (χ3n) is 3.67. The lowest BCUT2D eigenvalue weighted by Crippen LogP contribution is -2.32. The standard InChI is InChI=1S/C14H17NO2S/c1-11-6-2-4-8-13(11)18(16,17)14-9-5-3-7-12(14)10-15/h2,4,6,8,12,14H,3,5,7,9H2,1H3. The van der Waals surface area contributed by atoms with Gasteiger partial charge in [0.25, 0.3) is 0 Å². The molecule has 1 fully saturated rings. The van der Waals surface area contributed by atoms with E-state index < -0.39 is 15.1 Å². The molecule has 96 valence electrons. The number of sulfone groups is 1. The lowest BCUT2D eigenvalue weighted by molar-refractivity contribution is 0.418. The summed E-state index contributed by atoms with van der Waals surface area (Å²) >= 11 is 0. The fourth-order valence-electron chi connectivity index (χ4n) is 2.65. The van der Waals surface area contributed by atoms with E-state index in [2.05, 4.69) is 6.07 Å². The molecule has 0 aliphatic heterocycles. The Hall–Kier alpha value is -1.34. The number of rotatable bonds is 2. The molecule has 1 aromatic rings. The van der Waals surface area contributed by atoms with Crippen molar-refractivity contribution < 1.29 is 8.42 Å². The van der Waals surface area contributed by atoms with Gasteiger partial charge in [-0.05, 0) is 31.4 Å². The average Bonchev–Trinajstić information content (AvgIpc) is 2.39. The maximum Gasteiger partial charge on any atom is 0.182 e. The first-order valence-electron chi connectivity index (χ1n) is 6.26. The average molecular weight is 263 g/mol. The van der Waals surface area contributed by atoms with E-state index in [1.165, 1.54) is 0 Å². The van der Waals surface area contributed by atoms with Crippen LogP contribution < -0.4 is 0 Å². The largest absolute Gasteiger partial charge is 0.223 e. The van der Waals surface area contributed by atoms with Crippen LogP contribution in [0.5, 0.6) is 0 Å². The van der Waals surface area contributed by atoms with Crippen LogP contribution in [0, 0.1) is 24.2 Å². The second-order valence-electron chi connectivity index (χ2n) is 4.87. The zero-order valence-corrected chi connectivity index (χ0v) is 11.3. The Kier molecular flexibility index (Phi) is 3.72. The number of nitriles is 1. The Morgan fingerprint density at radius 2 is 1.89 bits per heavy atom. The second kappa shape index (κ2) is 5.11. The molecule has 0 saturated heterocycles. The molecule has 0 bridgehead atoms. The fourth-order valence-corrected chi connectivity index (χ4v) is 4.87. The van der Waals surface area contributed by atoms with Crippen LogP contribution in [0.15, 0.2) is 29.2 Å². The smallest absolute Gasteiger partial charge is 0.182 e. The summed E-state index contributed by atoms with van der Waals surface area (Å²) in [6, 6.07) is 9.19. The van der Waals surface area contributed by atoms with Gasteiger partial charge in [0, 0.05) is 0 Å². The van der Waals surface area contributed by atoms with Gasteiger partial charge in [-0.1, -0.05) is 31.0 Å². The molecule has 3 nitrogen and oxygen atoms in total. The minimum atomic E-state index is -3.38. The van der Waals surface area contributed by atoms with Crippen LogP contribution in [-0.4, -0.2) is 13.7 Å². The summed E-state index contributed by atoms with van der Waals surface area (Å²) in [6.07, 6.45) is 3.16. The first-order valence-corrected chi connectivity index (χ1v) is 7.81. The van der Waals surface area contributed by atoms with Crippen molar-refractivity contribution in [2.24, 2.45) is 5.92 Å². The molecule has 1 saturated carbocycles. The van der Waals surface area contributed by atoms with Crippen molar-refractivity contribution in [2.75, 3.05) is 0 Å². The molecule has 1 aliphatic rings. The molecular weight excluding hydrogens is 246 g/mol. The van der Waals surface area contributed by atoms with Gasteiger partial charge in [-0.25, -0.2) is 8.42 Å². The van der Waals surface area contributed by atoms with Crippen molar-refractivity contribution in [3.8, 4) is 6.07 Å². The van der Waals surface area contributed by atoms with Gasteiger partial charge in [0.05, 0.1) is 22.1 Å². The first-order chi connectivity index (χ1) is 8.57. The molecule has 0 amide bonds. The Balaban J connectivity index is 2.43. The van der Waals surface area contributed by atoms with E-state index in [9.17, 15) is 8.42 Å². The van der Waals surface area contributed by atoms with Crippen molar-refractivity contribution in [1.29, 1.82) is 5.26 Å². The highest BCUT2D eigenvalue weighted by Gasteiger charge is 2.37. The normalized spacial score (nSPS) is 24.4. The topological polar surface area (TPSA) is 57.9 Å². The summed E-state index contributed by atoms with van der Waals surface area (Å²) in [5, 5.41) is 8.60. The SMILES string of the molecule is Cc1ccccc1S(=O)(=O)C1CCCCC1C#N. The van der Waals surface area contributed by atoms with Crippen LogP contribution >= 0.6 is 0 Å². The van der Waals surface area contributed by atoms with Crippen LogP contribution in [-0.2, 0) is 9.84 Å². The Morgan fingerprint density at radius 1 is 1.22 bits per heavy atom. The van der Waals surface area contributed by atoms with E-state index in [4.69, 9.17) is 5.26 Å². The molecule has 1 aromatic carbocycles. The minimum absolute atomic E-state index is 0.358. The highest BCUT2D eigenvalue weighted by molar-refractivity contribution is 7.92. The molecule has 2 unspecified atom stereocenters. The van der Waals surface area contributed by atoms with Gasteiger partial charge in [-0.15, -0.1) is 0 Å². The Labute approximate surface area is 108 Å². The van der Waals surface area contributed by atoms with Crippen molar-refractivity contribution in [3.05, 3.63) is 29.8 Å². The van der Waals surface area contributed by atoms with Crippen LogP contribution in [0.4, 0.5) is 0 Å². The van der Waals surface area contributed by atoms with Gasteiger partial charge in [0.2, 0.25) is 0 Å². The van der Waals surface area contributed by atoms with Crippen molar-refractivity contribution in [3.63, 3.8) is 0 Å². The van der Waals surface area contributed by atoms with Crippen LogP contribution in [0.2, 0.25) is 0 Å². The van der Waals surface area contributed by atoms with Crippen molar-refractivity contribution in [2.45, 2.75) is 42.8 Å². The molecule has 0 heterocycles. The molecular formula is C14H17NO2S. The number of benzene rings is 1. The predicted molar refractivity (Wildman–Crippen MR) is 69.7 cm³/mol. The van der Waals surface area contributed by atoms with E-state index in [-0.39, 0.29) is 5.92 Å². The van der Waals surface area contributed by atoms with Gasteiger partial charge >= 0.3 is 0 Å². The van der Waals surface area contributed by atoms with Gasteiger partial charge in [0.15, 0.2) is 9.84 Å². The molecule has 2 atom stereocenters. The van der Waals surface area contributed by atoms with Crippen LogP contribution in [0.1, 0.15) is 31.2 Å². The van der Waals surface area contributed by atoms with Gasteiger partial charge in [-0.3, -0.25) is 0 Å². The van der Waals surface area contributed by atoms with Crippen LogP contribution in [0.25, 0.3) is 0 Å². The highest BCUT2D eigenvalue weighted by Crippen LogP contribution is 2.33. The summed E-state index contributed by atoms with van der Waals surface area (Å²) in [7, 11) is -3.38. The highest BCUT2D eigenvalue weighted by atomic mass is 32.2. The van der Waals surface area contributed by atoms with Crippen molar-refractivity contribution in [1.82, 2.24) is 0 Å². The van der Waals surface area contributed by atoms with E-state index in [1.54, 1.807) is 25.1 Å². The Bertz CT molecular complexity index is 572. The third-order valence-corrected chi connectivity index (χ3v) is 6.10. The minimum Gasteiger partial charge on any atom is -0.223 e. The molecule has 1 aliphatic carbocycles. The summed E-state index contributed by atoms with van der Waals surface area (Å²) < 4.78 is 25.3. The zero-order valence-electron chi connectivity index (χ0n) is 10.5. The van der Waals surface area contributed by atoms with Gasteiger partial charge in [-0.2, -0.15) is 5.26 Å².